The number of benzene rings is 2. The number of carbonyl (C=O) groups excluding carboxylic acids is 2. The van der Waals surface area contributed by atoms with Crippen molar-refractivity contribution in [3.63, 3.8) is 0 Å². The SMILES string of the molecule is CC1C(=O)N(c2cc(Cc3n[nH]c(=O)c4ccccc34)ccc2F)C(=O)N1CCNC(C)(C)C. The number of H-pyrrole nitrogens is 1. The smallest absolute Gasteiger partial charge is 0.311 e. The van der Waals surface area contributed by atoms with E-state index in [1.54, 1.807) is 31.2 Å². The second-order valence-corrected chi connectivity index (χ2v) is 9.51. The molecule has 0 saturated carbocycles. The lowest BCUT2D eigenvalue weighted by Crippen LogP contribution is -2.44. The molecule has 2 aromatic carbocycles. The molecule has 178 valence electrons. The van der Waals surface area contributed by atoms with Gasteiger partial charge in [-0.25, -0.2) is 19.2 Å². The Balaban J connectivity index is 1.61. The maximum Gasteiger partial charge on any atom is 0.332 e. The molecule has 4 rings (SSSR count). The summed E-state index contributed by atoms with van der Waals surface area (Å²) in [5, 5.41) is 11.1. The molecule has 1 aliphatic rings. The van der Waals surface area contributed by atoms with Gasteiger partial charge in [-0.3, -0.25) is 9.59 Å². The van der Waals surface area contributed by atoms with E-state index in [2.05, 4.69) is 15.5 Å². The van der Waals surface area contributed by atoms with Gasteiger partial charge in [0.2, 0.25) is 0 Å². The summed E-state index contributed by atoms with van der Waals surface area (Å²) in [7, 11) is 0. The quantitative estimate of drug-likeness (QED) is 0.545. The number of amides is 3. The zero-order valence-electron chi connectivity index (χ0n) is 19.7. The molecule has 1 aliphatic heterocycles. The van der Waals surface area contributed by atoms with Crippen molar-refractivity contribution in [1.82, 2.24) is 20.4 Å². The minimum Gasteiger partial charge on any atom is -0.311 e. The molecule has 2 N–H and O–H groups in total. The number of halogens is 1. The number of hydrogen-bond donors (Lipinski definition) is 2. The third-order valence-corrected chi connectivity index (χ3v) is 5.89. The zero-order chi connectivity index (χ0) is 24.6. The molecule has 34 heavy (non-hydrogen) atoms. The van der Waals surface area contributed by atoms with Gasteiger partial charge < -0.3 is 10.2 Å². The van der Waals surface area contributed by atoms with Crippen molar-refractivity contribution in [2.24, 2.45) is 0 Å². The molecule has 1 aromatic heterocycles. The third-order valence-electron chi connectivity index (χ3n) is 5.89. The van der Waals surface area contributed by atoms with Crippen molar-refractivity contribution >= 4 is 28.4 Å². The number of fused-ring (bicyclic) bond motifs is 1. The number of hydrogen-bond acceptors (Lipinski definition) is 5. The van der Waals surface area contributed by atoms with Gasteiger partial charge in [-0.05, 0) is 51.5 Å². The zero-order valence-corrected chi connectivity index (χ0v) is 19.7. The molecule has 9 heteroatoms. The molecular formula is C25H28FN5O3. The maximum absolute atomic E-state index is 14.8. The molecule has 1 saturated heterocycles. The fraction of sp³-hybridized carbons (Fsp3) is 0.360. The lowest BCUT2D eigenvalue weighted by molar-refractivity contribution is -0.119. The van der Waals surface area contributed by atoms with Crippen LogP contribution in [0.3, 0.4) is 0 Å². The largest absolute Gasteiger partial charge is 0.332 e. The summed E-state index contributed by atoms with van der Waals surface area (Å²) < 4.78 is 14.8. The molecular weight excluding hydrogens is 437 g/mol. The second-order valence-electron chi connectivity index (χ2n) is 9.51. The predicted octanol–water partition coefficient (Wildman–Crippen LogP) is 3.20. The number of nitrogens with zero attached hydrogens (tertiary/aromatic N) is 3. The Labute approximate surface area is 196 Å². The van der Waals surface area contributed by atoms with Gasteiger partial charge in [0.25, 0.3) is 11.5 Å². The number of imide groups is 1. The molecule has 0 bridgehead atoms. The predicted molar refractivity (Wildman–Crippen MR) is 128 cm³/mol. The standard InChI is InChI=1S/C25H28FN5O3/c1-15-23(33)31(24(34)30(15)12-11-27-25(2,3)4)21-14-16(9-10-19(21)26)13-20-17-7-5-6-8-18(17)22(32)29-28-20/h5-10,14-15,27H,11-13H2,1-4H3,(H,29,32). The van der Waals surface area contributed by atoms with Crippen LogP contribution in [0, 0.1) is 5.82 Å². The van der Waals surface area contributed by atoms with Crippen LogP contribution in [-0.2, 0) is 11.2 Å². The normalized spacial score (nSPS) is 16.7. The van der Waals surface area contributed by atoms with Crippen LogP contribution in [0.2, 0.25) is 0 Å². The highest BCUT2D eigenvalue weighted by molar-refractivity contribution is 6.21. The van der Waals surface area contributed by atoms with Crippen molar-refractivity contribution < 1.29 is 14.0 Å². The topological polar surface area (TPSA) is 98.4 Å². The van der Waals surface area contributed by atoms with Crippen LogP contribution >= 0.6 is 0 Å². The highest BCUT2D eigenvalue weighted by Gasteiger charge is 2.44. The van der Waals surface area contributed by atoms with Crippen molar-refractivity contribution in [1.29, 1.82) is 0 Å². The van der Waals surface area contributed by atoms with E-state index in [0.29, 0.717) is 35.1 Å². The average molecular weight is 466 g/mol. The molecule has 1 unspecified atom stereocenters. The van der Waals surface area contributed by atoms with Gasteiger partial charge in [-0.15, -0.1) is 0 Å². The Morgan fingerprint density at radius 2 is 1.79 bits per heavy atom. The lowest BCUT2D eigenvalue weighted by Gasteiger charge is -2.24. The van der Waals surface area contributed by atoms with E-state index >= 15 is 0 Å². The van der Waals surface area contributed by atoms with E-state index in [1.165, 1.54) is 17.0 Å². The number of aromatic amines is 1. The Morgan fingerprint density at radius 1 is 1.09 bits per heavy atom. The summed E-state index contributed by atoms with van der Waals surface area (Å²) in [4.78, 5) is 40.5. The highest BCUT2D eigenvalue weighted by Crippen LogP contribution is 2.29. The molecule has 0 aliphatic carbocycles. The second kappa shape index (κ2) is 8.98. The van der Waals surface area contributed by atoms with Crippen LogP contribution in [0.5, 0.6) is 0 Å². The first-order valence-corrected chi connectivity index (χ1v) is 11.2. The van der Waals surface area contributed by atoms with E-state index in [4.69, 9.17) is 0 Å². The Hall–Kier alpha value is -3.59. The first-order chi connectivity index (χ1) is 16.1. The van der Waals surface area contributed by atoms with Crippen molar-refractivity contribution in [2.45, 2.75) is 45.7 Å². The summed E-state index contributed by atoms with van der Waals surface area (Å²) >= 11 is 0. The maximum atomic E-state index is 14.8. The summed E-state index contributed by atoms with van der Waals surface area (Å²) in [5.74, 6) is -1.13. The van der Waals surface area contributed by atoms with Crippen LogP contribution in [0.25, 0.3) is 10.8 Å². The molecule has 1 fully saturated rings. The Morgan fingerprint density at radius 3 is 2.50 bits per heavy atom. The van der Waals surface area contributed by atoms with Crippen LogP contribution in [0.4, 0.5) is 14.9 Å². The van der Waals surface area contributed by atoms with E-state index in [-0.39, 0.29) is 23.2 Å². The van der Waals surface area contributed by atoms with Crippen molar-refractivity contribution in [3.8, 4) is 0 Å². The van der Waals surface area contributed by atoms with Crippen LogP contribution in [-0.4, -0.2) is 51.7 Å². The number of aromatic nitrogens is 2. The summed E-state index contributed by atoms with van der Waals surface area (Å²) in [6.45, 7) is 8.53. The lowest BCUT2D eigenvalue weighted by atomic mass is 10.0. The molecule has 0 spiro atoms. The molecule has 3 aromatic rings. The number of carbonyl (C=O) groups is 2. The number of nitrogens with one attached hydrogen (secondary N) is 2. The molecule has 1 atom stereocenters. The first-order valence-electron chi connectivity index (χ1n) is 11.2. The fourth-order valence-electron chi connectivity index (χ4n) is 4.11. The van der Waals surface area contributed by atoms with Crippen molar-refractivity contribution in [2.75, 3.05) is 18.0 Å². The Bertz CT molecular complexity index is 1310. The van der Waals surface area contributed by atoms with Gasteiger partial charge in [0.05, 0.1) is 16.8 Å². The van der Waals surface area contributed by atoms with Gasteiger partial charge in [-0.2, -0.15) is 5.10 Å². The van der Waals surface area contributed by atoms with Crippen LogP contribution in [0.15, 0.2) is 47.3 Å². The van der Waals surface area contributed by atoms with E-state index in [1.807, 2.05) is 26.8 Å². The average Bonchev–Trinajstić information content (AvgIpc) is 2.99. The van der Waals surface area contributed by atoms with Crippen molar-refractivity contribution in [3.05, 3.63) is 69.9 Å². The number of rotatable bonds is 6. The third kappa shape index (κ3) is 4.56. The summed E-state index contributed by atoms with van der Waals surface area (Å²) in [5.41, 5.74) is 0.759. The summed E-state index contributed by atoms with van der Waals surface area (Å²) in [6, 6.07) is 10.2. The van der Waals surface area contributed by atoms with Gasteiger partial charge in [0.1, 0.15) is 11.9 Å². The number of urea groups is 1. The molecule has 3 amide bonds. The minimum atomic E-state index is -0.692. The molecule has 8 nitrogen and oxygen atoms in total. The highest BCUT2D eigenvalue weighted by atomic mass is 19.1. The fourth-order valence-corrected chi connectivity index (χ4v) is 4.11. The molecule has 2 heterocycles. The van der Waals surface area contributed by atoms with E-state index < -0.39 is 23.8 Å². The van der Waals surface area contributed by atoms with Crippen LogP contribution < -0.4 is 15.8 Å². The van der Waals surface area contributed by atoms with Gasteiger partial charge >= 0.3 is 6.03 Å². The number of anilines is 1. The van der Waals surface area contributed by atoms with E-state index in [0.717, 1.165) is 4.90 Å². The van der Waals surface area contributed by atoms with Crippen LogP contribution in [0.1, 0.15) is 39.0 Å². The van der Waals surface area contributed by atoms with Gasteiger partial charge in [0.15, 0.2) is 0 Å². The van der Waals surface area contributed by atoms with Gasteiger partial charge in [0, 0.05) is 30.4 Å². The summed E-state index contributed by atoms with van der Waals surface area (Å²) in [6.07, 6.45) is 0.287. The van der Waals surface area contributed by atoms with E-state index in [9.17, 15) is 18.8 Å². The minimum absolute atomic E-state index is 0.0839. The first kappa shape index (κ1) is 23.6. The monoisotopic (exact) mass is 465 g/mol. The van der Waals surface area contributed by atoms with Gasteiger partial charge in [-0.1, -0.05) is 24.3 Å². The Kier molecular flexibility index (Phi) is 6.22. The molecule has 0 radical (unpaired) electrons.